The molecule has 1 heterocycles. The summed E-state index contributed by atoms with van der Waals surface area (Å²) in [5.74, 6) is 1.68. The standard InChI is InChI=1S/C12H15ClN4/c1-3-10-15-11(4-2)17(16-10)12-8(13)6-5-7-9(12)14/h5-7H,3-4,14H2,1-2H3. The average Bonchev–Trinajstić information content (AvgIpc) is 2.72. The van der Waals surface area contributed by atoms with Crippen molar-refractivity contribution < 1.29 is 0 Å². The highest BCUT2D eigenvalue weighted by Gasteiger charge is 2.14. The summed E-state index contributed by atoms with van der Waals surface area (Å²) in [4.78, 5) is 4.44. The molecular formula is C12H15ClN4. The molecule has 2 N–H and O–H groups in total. The summed E-state index contributed by atoms with van der Waals surface area (Å²) in [6, 6.07) is 5.44. The van der Waals surface area contributed by atoms with Crippen LogP contribution in [0.2, 0.25) is 5.02 Å². The number of rotatable bonds is 3. The van der Waals surface area contributed by atoms with Crippen molar-refractivity contribution in [2.45, 2.75) is 26.7 Å². The second-order valence-corrected chi connectivity index (χ2v) is 4.15. The highest BCUT2D eigenvalue weighted by Crippen LogP contribution is 2.26. The van der Waals surface area contributed by atoms with Crippen molar-refractivity contribution >= 4 is 17.3 Å². The fourth-order valence-corrected chi connectivity index (χ4v) is 1.97. The van der Waals surface area contributed by atoms with Gasteiger partial charge < -0.3 is 5.73 Å². The van der Waals surface area contributed by atoms with Crippen LogP contribution in [0.25, 0.3) is 5.69 Å². The molecule has 4 nitrogen and oxygen atoms in total. The van der Waals surface area contributed by atoms with Crippen molar-refractivity contribution in [1.29, 1.82) is 0 Å². The fraction of sp³-hybridized carbons (Fsp3) is 0.333. The molecule has 0 amide bonds. The number of aryl methyl sites for hydroxylation is 2. The van der Waals surface area contributed by atoms with Gasteiger partial charge in [-0.25, -0.2) is 9.67 Å². The molecule has 1 aromatic carbocycles. The Kier molecular flexibility index (Phi) is 3.33. The maximum atomic E-state index is 6.18. The summed E-state index contributed by atoms with van der Waals surface area (Å²) in [5, 5.41) is 5.02. The summed E-state index contributed by atoms with van der Waals surface area (Å²) >= 11 is 6.18. The number of anilines is 1. The van der Waals surface area contributed by atoms with Crippen LogP contribution in [-0.4, -0.2) is 14.8 Å². The molecule has 1 aromatic heterocycles. The third-order valence-electron chi connectivity index (χ3n) is 2.58. The molecule has 17 heavy (non-hydrogen) atoms. The van der Waals surface area contributed by atoms with Crippen molar-refractivity contribution in [3.05, 3.63) is 34.9 Å². The molecule has 0 saturated heterocycles. The minimum absolute atomic E-state index is 0.590. The number of para-hydroxylation sites is 1. The number of benzene rings is 1. The van der Waals surface area contributed by atoms with Gasteiger partial charge in [-0.2, -0.15) is 5.10 Å². The van der Waals surface area contributed by atoms with Gasteiger partial charge in [-0.05, 0) is 12.1 Å². The molecule has 5 heteroatoms. The van der Waals surface area contributed by atoms with Crippen LogP contribution in [0.3, 0.4) is 0 Å². The van der Waals surface area contributed by atoms with Crippen LogP contribution in [0.1, 0.15) is 25.5 Å². The first kappa shape index (κ1) is 11.9. The summed E-state index contributed by atoms with van der Waals surface area (Å²) in [6.45, 7) is 4.06. The first-order valence-corrected chi connectivity index (χ1v) is 6.04. The number of hydrogen-bond acceptors (Lipinski definition) is 3. The van der Waals surface area contributed by atoms with Crippen LogP contribution < -0.4 is 5.73 Å². The smallest absolute Gasteiger partial charge is 0.151 e. The molecule has 0 fully saturated rings. The Morgan fingerprint density at radius 3 is 2.65 bits per heavy atom. The molecule has 0 saturated carbocycles. The first-order valence-electron chi connectivity index (χ1n) is 5.66. The van der Waals surface area contributed by atoms with Crippen LogP contribution in [0.5, 0.6) is 0 Å². The van der Waals surface area contributed by atoms with Gasteiger partial charge in [-0.15, -0.1) is 0 Å². The monoisotopic (exact) mass is 250 g/mol. The molecule has 2 rings (SSSR count). The van der Waals surface area contributed by atoms with E-state index in [4.69, 9.17) is 17.3 Å². The van der Waals surface area contributed by atoms with E-state index in [1.54, 1.807) is 10.7 Å². The van der Waals surface area contributed by atoms with Gasteiger partial charge in [0.1, 0.15) is 11.5 Å². The van der Waals surface area contributed by atoms with E-state index in [0.29, 0.717) is 10.7 Å². The van der Waals surface area contributed by atoms with E-state index in [9.17, 15) is 0 Å². The quantitative estimate of drug-likeness (QED) is 0.852. The van der Waals surface area contributed by atoms with Crippen LogP contribution in [0.15, 0.2) is 18.2 Å². The number of aromatic nitrogens is 3. The Morgan fingerprint density at radius 1 is 1.29 bits per heavy atom. The number of nitrogens with zero attached hydrogens (tertiary/aromatic N) is 3. The van der Waals surface area contributed by atoms with Crippen LogP contribution in [-0.2, 0) is 12.8 Å². The zero-order chi connectivity index (χ0) is 12.4. The SMILES string of the molecule is CCc1nc(CC)n(-c2c(N)cccc2Cl)n1. The van der Waals surface area contributed by atoms with Gasteiger partial charge in [0.25, 0.3) is 0 Å². The van der Waals surface area contributed by atoms with E-state index >= 15 is 0 Å². The molecule has 2 aromatic rings. The number of nitrogens with two attached hydrogens (primary N) is 1. The molecule has 0 unspecified atom stereocenters. The van der Waals surface area contributed by atoms with Crippen LogP contribution >= 0.6 is 11.6 Å². The van der Waals surface area contributed by atoms with Gasteiger partial charge in [0.15, 0.2) is 5.82 Å². The lowest BCUT2D eigenvalue weighted by atomic mass is 10.2. The highest BCUT2D eigenvalue weighted by molar-refractivity contribution is 6.32. The number of halogens is 1. The Balaban J connectivity index is 2.63. The van der Waals surface area contributed by atoms with E-state index in [-0.39, 0.29) is 0 Å². The Morgan fingerprint density at radius 2 is 2.06 bits per heavy atom. The van der Waals surface area contributed by atoms with Crippen molar-refractivity contribution in [1.82, 2.24) is 14.8 Å². The molecule has 0 radical (unpaired) electrons. The third-order valence-corrected chi connectivity index (χ3v) is 2.89. The van der Waals surface area contributed by atoms with E-state index in [0.717, 1.165) is 30.2 Å². The Bertz CT molecular complexity index is 513. The molecule has 0 atom stereocenters. The molecular weight excluding hydrogens is 236 g/mol. The number of hydrogen-bond donors (Lipinski definition) is 1. The average molecular weight is 251 g/mol. The minimum atomic E-state index is 0.590. The van der Waals surface area contributed by atoms with Gasteiger partial charge in [-0.3, -0.25) is 0 Å². The topological polar surface area (TPSA) is 56.7 Å². The van der Waals surface area contributed by atoms with E-state index in [1.807, 2.05) is 26.0 Å². The summed E-state index contributed by atoms with van der Waals surface area (Å²) in [7, 11) is 0. The first-order chi connectivity index (χ1) is 8.17. The third kappa shape index (κ3) is 2.13. The normalized spacial score (nSPS) is 10.8. The molecule has 0 aliphatic heterocycles. The van der Waals surface area contributed by atoms with Crippen LogP contribution in [0, 0.1) is 0 Å². The maximum absolute atomic E-state index is 6.18. The zero-order valence-electron chi connectivity index (χ0n) is 9.94. The lowest BCUT2D eigenvalue weighted by molar-refractivity contribution is 0.793. The maximum Gasteiger partial charge on any atom is 0.151 e. The van der Waals surface area contributed by atoms with E-state index in [2.05, 4.69) is 10.1 Å². The van der Waals surface area contributed by atoms with Crippen molar-refractivity contribution in [3.63, 3.8) is 0 Å². The highest BCUT2D eigenvalue weighted by atomic mass is 35.5. The molecule has 90 valence electrons. The second-order valence-electron chi connectivity index (χ2n) is 3.74. The number of nitrogen functional groups attached to an aromatic ring is 1. The van der Waals surface area contributed by atoms with Crippen molar-refractivity contribution in [2.75, 3.05) is 5.73 Å². The lowest BCUT2D eigenvalue weighted by Crippen LogP contribution is -2.06. The largest absolute Gasteiger partial charge is 0.397 e. The van der Waals surface area contributed by atoms with Crippen molar-refractivity contribution in [2.24, 2.45) is 0 Å². The second kappa shape index (κ2) is 4.75. The van der Waals surface area contributed by atoms with E-state index in [1.165, 1.54) is 0 Å². The molecule has 0 aliphatic rings. The Labute approximate surface area is 105 Å². The zero-order valence-corrected chi connectivity index (χ0v) is 10.7. The summed E-state index contributed by atoms with van der Waals surface area (Å²) in [5.41, 5.74) is 7.29. The molecule has 0 aliphatic carbocycles. The van der Waals surface area contributed by atoms with Gasteiger partial charge in [0.2, 0.25) is 0 Å². The Hall–Kier alpha value is -1.55. The van der Waals surface area contributed by atoms with E-state index < -0.39 is 0 Å². The summed E-state index contributed by atoms with van der Waals surface area (Å²) < 4.78 is 1.75. The van der Waals surface area contributed by atoms with Gasteiger partial charge in [0.05, 0.1) is 10.7 Å². The fourth-order valence-electron chi connectivity index (χ4n) is 1.70. The van der Waals surface area contributed by atoms with Gasteiger partial charge in [-0.1, -0.05) is 31.5 Å². The van der Waals surface area contributed by atoms with Gasteiger partial charge in [0, 0.05) is 12.8 Å². The van der Waals surface area contributed by atoms with Crippen LogP contribution in [0.4, 0.5) is 5.69 Å². The lowest BCUT2D eigenvalue weighted by Gasteiger charge is -2.09. The minimum Gasteiger partial charge on any atom is -0.397 e. The predicted octanol–water partition coefficient (Wildman–Crippen LogP) is 2.63. The molecule has 0 spiro atoms. The van der Waals surface area contributed by atoms with Gasteiger partial charge >= 0.3 is 0 Å². The predicted molar refractivity (Wildman–Crippen MR) is 69.5 cm³/mol. The van der Waals surface area contributed by atoms with Crippen molar-refractivity contribution in [3.8, 4) is 5.69 Å². The molecule has 0 bridgehead atoms. The summed E-state index contributed by atoms with van der Waals surface area (Å²) in [6.07, 6.45) is 1.59.